The van der Waals surface area contributed by atoms with Crippen molar-refractivity contribution in [3.05, 3.63) is 65.4 Å². The predicted molar refractivity (Wildman–Crippen MR) is 95.9 cm³/mol. The van der Waals surface area contributed by atoms with Gasteiger partial charge in [0.05, 0.1) is 11.4 Å². The van der Waals surface area contributed by atoms with E-state index < -0.39 is 0 Å². The molecule has 0 aliphatic carbocycles. The highest BCUT2D eigenvalue weighted by molar-refractivity contribution is 7.99. The maximum atomic E-state index is 13.1. The van der Waals surface area contributed by atoms with Gasteiger partial charge in [0.1, 0.15) is 11.5 Å². The van der Waals surface area contributed by atoms with Gasteiger partial charge in [-0.2, -0.15) is 0 Å². The van der Waals surface area contributed by atoms with Gasteiger partial charge in [-0.05, 0) is 49.2 Å². The minimum atomic E-state index is -0.304. The van der Waals surface area contributed by atoms with E-state index >= 15 is 0 Å². The highest BCUT2D eigenvalue weighted by Crippen LogP contribution is 2.17. The number of imidazole rings is 1. The number of hydrogen-bond donors (Lipinski definition) is 1. The van der Waals surface area contributed by atoms with Crippen LogP contribution in [-0.2, 0) is 10.5 Å². The van der Waals surface area contributed by atoms with E-state index in [1.54, 1.807) is 13.0 Å². The average molecular weight is 343 g/mol. The molecular formula is C18H18FN3OS. The maximum Gasteiger partial charge on any atom is 0.234 e. The second-order valence-electron chi connectivity index (χ2n) is 5.70. The Morgan fingerprint density at radius 1 is 1.25 bits per heavy atom. The summed E-state index contributed by atoms with van der Waals surface area (Å²) in [5.74, 6) is 0.580. The molecule has 0 saturated heterocycles. The number of anilines is 1. The number of benzene rings is 1. The van der Waals surface area contributed by atoms with Gasteiger partial charge >= 0.3 is 0 Å². The topological polar surface area (TPSA) is 46.4 Å². The number of carbonyl (C=O) groups excluding carboxylic acids is 1. The number of amides is 1. The third-order valence-corrected chi connectivity index (χ3v) is 4.56. The van der Waals surface area contributed by atoms with Crippen molar-refractivity contribution < 1.29 is 9.18 Å². The lowest BCUT2D eigenvalue weighted by Gasteiger charge is -2.07. The van der Waals surface area contributed by atoms with Gasteiger partial charge in [-0.25, -0.2) is 9.37 Å². The molecule has 2 aromatic heterocycles. The molecule has 0 unspecified atom stereocenters. The smallest absolute Gasteiger partial charge is 0.234 e. The summed E-state index contributed by atoms with van der Waals surface area (Å²) in [7, 11) is 0. The summed E-state index contributed by atoms with van der Waals surface area (Å²) in [5.41, 5.74) is 4.38. The van der Waals surface area contributed by atoms with Gasteiger partial charge in [-0.3, -0.25) is 4.79 Å². The number of hydrogen-bond acceptors (Lipinski definition) is 3. The molecule has 6 heteroatoms. The molecule has 0 aliphatic heterocycles. The minimum Gasteiger partial charge on any atom is -0.325 e. The molecule has 3 rings (SSSR count). The first-order valence-electron chi connectivity index (χ1n) is 7.59. The molecule has 0 bridgehead atoms. The van der Waals surface area contributed by atoms with Crippen LogP contribution < -0.4 is 5.32 Å². The lowest BCUT2D eigenvalue weighted by atomic mass is 10.2. The second-order valence-corrected chi connectivity index (χ2v) is 6.69. The molecule has 0 atom stereocenters. The zero-order valence-corrected chi connectivity index (χ0v) is 14.4. The van der Waals surface area contributed by atoms with Gasteiger partial charge in [0.15, 0.2) is 0 Å². The van der Waals surface area contributed by atoms with Crippen molar-refractivity contribution in [1.29, 1.82) is 0 Å². The van der Waals surface area contributed by atoms with Crippen molar-refractivity contribution >= 4 is 29.0 Å². The molecule has 1 aromatic carbocycles. The van der Waals surface area contributed by atoms with Crippen LogP contribution >= 0.6 is 11.8 Å². The van der Waals surface area contributed by atoms with E-state index in [4.69, 9.17) is 0 Å². The summed E-state index contributed by atoms with van der Waals surface area (Å²) in [6, 6.07) is 8.33. The number of aromatic nitrogens is 2. The van der Waals surface area contributed by atoms with E-state index in [0.717, 1.165) is 11.3 Å². The fourth-order valence-corrected chi connectivity index (χ4v) is 3.13. The van der Waals surface area contributed by atoms with Crippen LogP contribution in [0.1, 0.15) is 16.8 Å². The summed E-state index contributed by atoms with van der Waals surface area (Å²) < 4.78 is 15.1. The van der Waals surface area contributed by atoms with Gasteiger partial charge < -0.3 is 9.72 Å². The summed E-state index contributed by atoms with van der Waals surface area (Å²) in [4.78, 5) is 16.5. The Balaban J connectivity index is 1.54. The summed E-state index contributed by atoms with van der Waals surface area (Å²) >= 11 is 1.50. The highest BCUT2D eigenvalue weighted by Gasteiger charge is 2.07. The van der Waals surface area contributed by atoms with Crippen LogP contribution in [0.3, 0.4) is 0 Å². The first kappa shape index (κ1) is 16.5. The molecule has 0 aliphatic rings. The zero-order chi connectivity index (χ0) is 17.1. The SMILES string of the molecule is Cc1ccc2nc(CSCC(=O)Nc3ccc(F)cc3C)cn2c1. The number of nitrogens with zero attached hydrogens (tertiary/aromatic N) is 2. The van der Waals surface area contributed by atoms with Crippen LogP contribution in [0.4, 0.5) is 10.1 Å². The monoisotopic (exact) mass is 343 g/mol. The maximum absolute atomic E-state index is 13.1. The normalized spacial score (nSPS) is 11.0. The third-order valence-electron chi connectivity index (χ3n) is 3.59. The van der Waals surface area contributed by atoms with E-state index in [0.29, 0.717) is 22.8 Å². The van der Waals surface area contributed by atoms with Gasteiger partial charge in [-0.15, -0.1) is 11.8 Å². The third kappa shape index (κ3) is 3.94. The fourth-order valence-electron chi connectivity index (χ4n) is 2.43. The number of pyridine rings is 1. The van der Waals surface area contributed by atoms with E-state index in [2.05, 4.69) is 10.3 Å². The van der Waals surface area contributed by atoms with Crippen LogP contribution in [0.2, 0.25) is 0 Å². The molecule has 1 N–H and O–H groups in total. The quantitative estimate of drug-likeness (QED) is 0.763. The number of halogens is 1. The van der Waals surface area contributed by atoms with Gasteiger partial charge in [0.2, 0.25) is 5.91 Å². The molecule has 2 heterocycles. The molecule has 3 aromatic rings. The Hall–Kier alpha value is -2.34. The Morgan fingerprint density at radius 2 is 2.08 bits per heavy atom. The lowest BCUT2D eigenvalue weighted by Crippen LogP contribution is -2.15. The van der Waals surface area contributed by atoms with Crippen molar-refractivity contribution in [2.24, 2.45) is 0 Å². The first-order chi connectivity index (χ1) is 11.5. The number of fused-ring (bicyclic) bond motifs is 1. The molecular weight excluding hydrogens is 325 g/mol. The Morgan fingerprint density at radius 3 is 2.88 bits per heavy atom. The number of aryl methyl sites for hydroxylation is 2. The minimum absolute atomic E-state index is 0.102. The van der Waals surface area contributed by atoms with Crippen LogP contribution in [0.25, 0.3) is 5.65 Å². The van der Waals surface area contributed by atoms with Crippen molar-refractivity contribution in [2.45, 2.75) is 19.6 Å². The second kappa shape index (κ2) is 7.05. The lowest BCUT2D eigenvalue weighted by molar-refractivity contribution is -0.113. The predicted octanol–water partition coefficient (Wildman–Crippen LogP) is 3.96. The van der Waals surface area contributed by atoms with Crippen molar-refractivity contribution in [1.82, 2.24) is 9.38 Å². The molecule has 0 fully saturated rings. The molecule has 0 spiro atoms. The standard InChI is InChI=1S/C18H18FN3OS/c1-12-3-6-17-20-15(9-22(17)8-12)10-24-11-18(23)21-16-5-4-14(19)7-13(16)2/h3-9H,10-11H2,1-2H3,(H,21,23). The Kier molecular flexibility index (Phi) is 4.85. The van der Waals surface area contributed by atoms with Gasteiger partial charge in [-0.1, -0.05) is 6.07 Å². The van der Waals surface area contributed by atoms with Crippen molar-refractivity contribution in [2.75, 3.05) is 11.1 Å². The van der Waals surface area contributed by atoms with Crippen LogP contribution in [0.5, 0.6) is 0 Å². The molecule has 0 radical (unpaired) electrons. The van der Waals surface area contributed by atoms with Crippen LogP contribution in [0.15, 0.2) is 42.7 Å². The number of carbonyl (C=O) groups is 1. The molecule has 1 amide bonds. The summed E-state index contributed by atoms with van der Waals surface area (Å²) in [6.07, 6.45) is 4.01. The molecule has 4 nitrogen and oxygen atoms in total. The average Bonchev–Trinajstić information content (AvgIpc) is 2.92. The van der Waals surface area contributed by atoms with E-state index in [9.17, 15) is 9.18 Å². The largest absolute Gasteiger partial charge is 0.325 e. The Bertz CT molecular complexity index is 891. The number of rotatable bonds is 5. The Labute approximate surface area is 144 Å². The van der Waals surface area contributed by atoms with Crippen molar-refractivity contribution in [3.63, 3.8) is 0 Å². The first-order valence-corrected chi connectivity index (χ1v) is 8.75. The molecule has 24 heavy (non-hydrogen) atoms. The molecule has 0 saturated carbocycles. The molecule has 124 valence electrons. The zero-order valence-electron chi connectivity index (χ0n) is 13.5. The summed E-state index contributed by atoms with van der Waals surface area (Å²) in [5, 5.41) is 2.81. The number of thioether (sulfide) groups is 1. The van der Waals surface area contributed by atoms with Gasteiger partial charge in [0.25, 0.3) is 0 Å². The highest BCUT2D eigenvalue weighted by atomic mass is 32.2. The van der Waals surface area contributed by atoms with E-state index in [-0.39, 0.29) is 11.7 Å². The van der Waals surface area contributed by atoms with Crippen molar-refractivity contribution in [3.8, 4) is 0 Å². The van der Waals surface area contributed by atoms with E-state index in [1.807, 2.05) is 35.9 Å². The van der Waals surface area contributed by atoms with Crippen LogP contribution in [0, 0.1) is 19.7 Å². The fraction of sp³-hybridized carbons (Fsp3) is 0.222. The summed E-state index contributed by atoms with van der Waals surface area (Å²) in [6.45, 7) is 3.81. The number of nitrogens with one attached hydrogen (secondary N) is 1. The van der Waals surface area contributed by atoms with Gasteiger partial charge in [0, 0.05) is 23.8 Å². The van der Waals surface area contributed by atoms with E-state index in [1.165, 1.54) is 29.5 Å². The van der Waals surface area contributed by atoms with Crippen LogP contribution in [-0.4, -0.2) is 21.0 Å².